The summed E-state index contributed by atoms with van der Waals surface area (Å²) in [4.78, 5) is 7.63. The van der Waals surface area contributed by atoms with Crippen LogP contribution in [0.2, 0.25) is 5.02 Å². The molecule has 0 radical (unpaired) electrons. The van der Waals surface area contributed by atoms with Gasteiger partial charge in [0.15, 0.2) is 5.82 Å². The predicted molar refractivity (Wildman–Crippen MR) is 57.8 cm³/mol. The highest BCUT2D eigenvalue weighted by Gasteiger charge is 2.11. The normalized spacial score (nSPS) is 12.5. The highest BCUT2D eigenvalue weighted by Crippen LogP contribution is 2.23. The van der Waals surface area contributed by atoms with Crippen LogP contribution in [-0.2, 0) is 4.74 Å². The molecule has 0 fully saturated rings. The van der Waals surface area contributed by atoms with Gasteiger partial charge in [-0.2, -0.15) is 0 Å². The van der Waals surface area contributed by atoms with Crippen molar-refractivity contribution in [2.24, 2.45) is 0 Å². The van der Waals surface area contributed by atoms with Gasteiger partial charge in [-0.3, -0.25) is 0 Å². The van der Waals surface area contributed by atoms with Crippen molar-refractivity contribution in [2.45, 2.75) is 6.04 Å². The molecule has 0 aromatic carbocycles. The molecule has 0 amide bonds. The van der Waals surface area contributed by atoms with Crippen molar-refractivity contribution in [2.75, 3.05) is 31.4 Å². The number of ether oxygens (including phenoxy) is 1. The Morgan fingerprint density at radius 3 is 3.00 bits per heavy atom. The van der Waals surface area contributed by atoms with Crippen LogP contribution in [0, 0.1) is 0 Å². The molecular formula is C8H13ClN4O2. The minimum Gasteiger partial charge on any atom is -0.394 e. The number of nitrogens with zero attached hydrogens (tertiary/aromatic N) is 2. The van der Waals surface area contributed by atoms with E-state index < -0.39 is 0 Å². The number of nitrogens with one attached hydrogen (secondary N) is 1. The predicted octanol–water partition coefficient (Wildman–Crippen LogP) is 0.131. The first-order valence-corrected chi connectivity index (χ1v) is 4.69. The molecule has 0 bridgehead atoms. The summed E-state index contributed by atoms with van der Waals surface area (Å²) in [6.45, 7) is 0.255. The van der Waals surface area contributed by atoms with Gasteiger partial charge in [0.05, 0.1) is 19.3 Å². The fraction of sp³-hybridized carbons (Fsp3) is 0.500. The number of aliphatic hydroxyl groups is 1. The van der Waals surface area contributed by atoms with Crippen molar-refractivity contribution in [3.63, 3.8) is 0 Å². The average molecular weight is 233 g/mol. The Kier molecular flexibility index (Phi) is 4.54. The van der Waals surface area contributed by atoms with Gasteiger partial charge in [0.25, 0.3) is 0 Å². The summed E-state index contributed by atoms with van der Waals surface area (Å²) < 4.78 is 4.90. The zero-order valence-electron chi connectivity index (χ0n) is 8.27. The molecule has 1 unspecified atom stereocenters. The summed E-state index contributed by atoms with van der Waals surface area (Å²) in [7, 11) is 1.54. The number of aromatic nitrogens is 2. The summed E-state index contributed by atoms with van der Waals surface area (Å²) in [6, 6.07) is -0.276. The molecule has 6 nitrogen and oxygen atoms in total. The zero-order valence-corrected chi connectivity index (χ0v) is 9.03. The van der Waals surface area contributed by atoms with Crippen molar-refractivity contribution in [3.8, 4) is 0 Å². The summed E-state index contributed by atoms with van der Waals surface area (Å²) in [5, 5.41) is 12.2. The highest BCUT2D eigenvalue weighted by atomic mass is 35.5. The molecule has 0 aliphatic carbocycles. The van der Waals surface area contributed by atoms with Gasteiger partial charge in [0, 0.05) is 7.11 Å². The number of rotatable bonds is 5. The second-order valence-corrected chi connectivity index (χ2v) is 3.28. The summed E-state index contributed by atoms with van der Waals surface area (Å²) in [6.07, 6.45) is 1.30. The Hall–Kier alpha value is -1.11. The molecule has 1 atom stereocenters. The second-order valence-electron chi connectivity index (χ2n) is 2.90. The number of nitrogen functional groups attached to an aromatic ring is 1. The quantitative estimate of drug-likeness (QED) is 0.668. The molecule has 0 saturated heterocycles. The lowest BCUT2D eigenvalue weighted by molar-refractivity contribution is 0.153. The zero-order chi connectivity index (χ0) is 11.3. The van der Waals surface area contributed by atoms with Crippen LogP contribution in [0.3, 0.4) is 0 Å². The van der Waals surface area contributed by atoms with Gasteiger partial charge in [-0.25, -0.2) is 9.97 Å². The molecular weight excluding hydrogens is 220 g/mol. The van der Waals surface area contributed by atoms with Crippen LogP contribution in [0.5, 0.6) is 0 Å². The number of hydrogen-bond acceptors (Lipinski definition) is 6. The van der Waals surface area contributed by atoms with Crippen LogP contribution in [0.15, 0.2) is 6.33 Å². The first-order valence-electron chi connectivity index (χ1n) is 4.31. The van der Waals surface area contributed by atoms with E-state index in [1.165, 1.54) is 6.33 Å². The molecule has 4 N–H and O–H groups in total. The molecule has 0 spiro atoms. The van der Waals surface area contributed by atoms with E-state index in [1.807, 2.05) is 0 Å². The van der Waals surface area contributed by atoms with Gasteiger partial charge >= 0.3 is 0 Å². The third-order valence-corrected chi connectivity index (χ3v) is 2.12. The van der Waals surface area contributed by atoms with E-state index in [0.717, 1.165) is 0 Å². The monoisotopic (exact) mass is 232 g/mol. The Bertz CT molecular complexity index is 324. The van der Waals surface area contributed by atoms with Crippen molar-refractivity contribution in [3.05, 3.63) is 11.3 Å². The number of anilines is 2. The second kappa shape index (κ2) is 5.69. The SMILES string of the molecule is COCC(CO)Nc1ncnc(N)c1Cl. The third-order valence-electron chi connectivity index (χ3n) is 1.75. The molecule has 15 heavy (non-hydrogen) atoms. The van der Waals surface area contributed by atoms with Crippen molar-refractivity contribution in [1.82, 2.24) is 9.97 Å². The Morgan fingerprint density at radius 2 is 2.40 bits per heavy atom. The van der Waals surface area contributed by atoms with Crippen LogP contribution < -0.4 is 11.1 Å². The van der Waals surface area contributed by atoms with Gasteiger partial charge in [-0.1, -0.05) is 11.6 Å². The lowest BCUT2D eigenvalue weighted by atomic mass is 10.3. The summed E-state index contributed by atoms with van der Waals surface area (Å²) in [5.74, 6) is 0.587. The van der Waals surface area contributed by atoms with E-state index >= 15 is 0 Å². The van der Waals surface area contributed by atoms with E-state index in [9.17, 15) is 0 Å². The lowest BCUT2D eigenvalue weighted by Gasteiger charge is -2.16. The van der Waals surface area contributed by atoms with E-state index in [-0.39, 0.29) is 23.5 Å². The van der Waals surface area contributed by atoms with Gasteiger partial charge < -0.3 is 20.9 Å². The lowest BCUT2D eigenvalue weighted by Crippen LogP contribution is -2.29. The van der Waals surface area contributed by atoms with Crippen molar-refractivity contribution < 1.29 is 9.84 Å². The van der Waals surface area contributed by atoms with E-state index in [1.54, 1.807) is 7.11 Å². The van der Waals surface area contributed by atoms with Gasteiger partial charge in [0.1, 0.15) is 17.2 Å². The Labute approximate surface area is 92.4 Å². The van der Waals surface area contributed by atoms with E-state index in [4.69, 9.17) is 27.2 Å². The van der Waals surface area contributed by atoms with Crippen LogP contribution in [0.4, 0.5) is 11.6 Å². The van der Waals surface area contributed by atoms with Gasteiger partial charge in [-0.15, -0.1) is 0 Å². The maximum Gasteiger partial charge on any atom is 0.150 e. The number of halogens is 1. The Morgan fingerprint density at radius 1 is 1.67 bits per heavy atom. The van der Waals surface area contributed by atoms with Crippen LogP contribution in [-0.4, -0.2) is 41.4 Å². The van der Waals surface area contributed by atoms with Crippen LogP contribution >= 0.6 is 11.6 Å². The number of nitrogens with two attached hydrogens (primary N) is 1. The fourth-order valence-electron chi connectivity index (χ4n) is 1.02. The van der Waals surface area contributed by atoms with Crippen molar-refractivity contribution >= 4 is 23.2 Å². The van der Waals surface area contributed by atoms with Gasteiger partial charge in [0.2, 0.25) is 0 Å². The standard InChI is InChI=1S/C8H13ClN4O2/c1-15-3-5(2-14)13-8-6(9)7(10)11-4-12-8/h4-5,14H,2-3H2,1H3,(H3,10,11,12,13). The number of aliphatic hydroxyl groups excluding tert-OH is 1. The molecule has 0 saturated carbocycles. The maximum atomic E-state index is 9.02. The number of methoxy groups -OCH3 is 1. The van der Waals surface area contributed by atoms with Crippen LogP contribution in [0.25, 0.3) is 0 Å². The van der Waals surface area contributed by atoms with Crippen molar-refractivity contribution in [1.29, 1.82) is 0 Å². The molecule has 1 heterocycles. The molecule has 84 valence electrons. The maximum absolute atomic E-state index is 9.02. The molecule has 1 rings (SSSR count). The summed E-state index contributed by atoms with van der Waals surface area (Å²) in [5.41, 5.74) is 5.49. The third kappa shape index (κ3) is 3.19. The first kappa shape index (κ1) is 12.0. The Balaban J connectivity index is 2.74. The number of hydrogen-bond donors (Lipinski definition) is 3. The average Bonchev–Trinajstić information content (AvgIpc) is 2.24. The summed E-state index contributed by atoms with van der Waals surface area (Å²) >= 11 is 5.86. The molecule has 0 aliphatic heterocycles. The molecule has 7 heteroatoms. The highest BCUT2D eigenvalue weighted by molar-refractivity contribution is 6.35. The smallest absolute Gasteiger partial charge is 0.150 e. The van der Waals surface area contributed by atoms with Crippen LogP contribution in [0.1, 0.15) is 0 Å². The van der Waals surface area contributed by atoms with E-state index in [2.05, 4.69) is 15.3 Å². The molecule has 1 aromatic heterocycles. The van der Waals surface area contributed by atoms with Gasteiger partial charge in [-0.05, 0) is 0 Å². The first-order chi connectivity index (χ1) is 7.19. The fourth-order valence-corrected chi connectivity index (χ4v) is 1.17. The topological polar surface area (TPSA) is 93.3 Å². The molecule has 0 aliphatic rings. The minimum absolute atomic E-state index is 0.0892. The van der Waals surface area contributed by atoms with E-state index in [0.29, 0.717) is 12.4 Å². The molecule has 1 aromatic rings. The minimum atomic E-state index is -0.276. The largest absolute Gasteiger partial charge is 0.394 e.